The van der Waals surface area contributed by atoms with E-state index in [9.17, 15) is 4.39 Å². The van der Waals surface area contributed by atoms with E-state index in [0.717, 1.165) is 15.6 Å². The maximum absolute atomic E-state index is 13.0. The van der Waals surface area contributed by atoms with Gasteiger partial charge < -0.3 is 5.32 Å². The number of benzene rings is 2. The normalized spacial score (nSPS) is 10.7. The van der Waals surface area contributed by atoms with E-state index in [1.165, 1.54) is 6.07 Å². The summed E-state index contributed by atoms with van der Waals surface area (Å²) >= 11 is 15.1. The standard InChI is InChI=1S/C14H11BrCl2FN/c15-12-3-2-11(16)6-10(12)8-19-7-9-1-4-14(18)13(17)5-9/h1-6,19H,7-8H2. The SMILES string of the molecule is Fc1ccc(CNCc2cc(Cl)ccc2Br)cc1Cl. The first kappa shape index (κ1) is 14.8. The van der Waals surface area contributed by atoms with Crippen LogP contribution in [0.3, 0.4) is 0 Å². The summed E-state index contributed by atoms with van der Waals surface area (Å²) in [6.07, 6.45) is 0. The molecule has 1 N–H and O–H groups in total. The van der Waals surface area contributed by atoms with Gasteiger partial charge in [-0.05, 0) is 41.5 Å². The van der Waals surface area contributed by atoms with Crippen molar-refractivity contribution in [2.45, 2.75) is 13.1 Å². The lowest BCUT2D eigenvalue weighted by Gasteiger charge is -2.08. The van der Waals surface area contributed by atoms with Crippen molar-refractivity contribution in [3.63, 3.8) is 0 Å². The van der Waals surface area contributed by atoms with Crippen LogP contribution in [0, 0.1) is 5.82 Å². The molecule has 2 rings (SSSR count). The predicted molar refractivity (Wildman–Crippen MR) is 81.1 cm³/mol. The number of hydrogen-bond acceptors (Lipinski definition) is 1. The Morgan fingerprint density at radius 1 is 1.05 bits per heavy atom. The molecule has 0 saturated heterocycles. The largest absolute Gasteiger partial charge is 0.309 e. The van der Waals surface area contributed by atoms with E-state index in [-0.39, 0.29) is 5.02 Å². The van der Waals surface area contributed by atoms with Gasteiger partial charge in [0.05, 0.1) is 5.02 Å². The smallest absolute Gasteiger partial charge is 0.141 e. The Balaban J connectivity index is 1.96. The van der Waals surface area contributed by atoms with Crippen LogP contribution in [0.15, 0.2) is 40.9 Å². The zero-order valence-electron chi connectivity index (χ0n) is 9.89. The molecule has 0 amide bonds. The van der Waals surface area contributed by atoms with Gasteiger partial charge in [0.25, 0.3) is 0 Å². The van der Waals surface area contributed by atoms with Gasteiger partial charge in [-0.3, -0.25) is 0 Å². The predicted octanol–water partition coefficient (Wildman–Crippen LogP) is 5.18. The fourth-order valence-electron chi connectivity index (χ4n) is 1.67. The molecule has 2 aromatic rings. The van der Waals surface area contributed by atoms with Crippen LogP contribution in [-0.2, 0) is 13.1 Å². The molecular weight excluding hydrogens is 352 g/mol. The molecule has 0 aliphatic heterocycles. The van der Waals surface area contributed by atoms with Crippen molar-refractivity contribution in [1.29, 1.82) is 0 Å². The third-order valence-corrected chi connectivity index (χ3v) is 3.93. The molecule has 0 unspecified atom stereocenters. The summed E-state index contributed by atoms with van der Waals surface area (Å²) in [6, 6.07) is 10.3. The van der Waals surface area contributed by atoms with Crippen LogP contribution in [0.5, 0.6) is 0 Å². The summed E-state index contributed by atoms with van der Waals surface area (Å²) in [6.45, 7) is 1.27. The van der Waals surface area contributed by atoms with Crippen LogP contribution in [-0.4, -0.2) is 0 Å². The Hall–Kier alpha value is -0.610. The maximum atomic E-state index is 13.0. The Morgan fingerprint density at radius 3 is 2.58 bits per heavy atom. The van der Waals surface area contributed by atoms with Crippen LogP contribution in [0.2, 0.25) is 10.0 Å². The third kappa shape index (κ3) is 4.18. The van der Waals surface area contributed by atoms with E-state index in [2.05, 4.69) is 21.2 Å². The lowest BCUT2D eigenvalue weighted by Crippen LogP contribution is -2.13. The molecule has 0 atom stereocenters. The molecule has 0 saturated carbocycles. The number of halogens is 4. The van der Waals surface area contributed by atoms with E-state index in [4.69, 9.17) is 23.2 Å². The summed E-state index contributed by atoms with van der Waals surface area (Å²) in [7, 11) is 0. The molecule has 5 heteroatoms. The lowest BCUT2D eigenvalue weighted by molar-refractivity contribution is 0.625. The summed E-state index contributed by atoms with van der Waals surface area (Å²) in [4.78, 5) is 0. The third-order valence-electron chi connectivity index (χ3n) is 2.64. The van der Waals surface area contributed by atoms with Gasteiger partial charge in [-0.15, -0.1) is 0 Å². The zero-order chi connectivity index (χ0) is 13.8. The average Bonchev–Trinajstić information content (AvgIpc) is 2.38. The molecule has 0 aliphatic rings. The van der Waals surface area contributed by atoms with Crippen molar-refractivity contribution >= 4 is 39.1 Å². The molecule has 19 heavy (non-hydrogen) atoms. The Labute approximate surface area is 129 Å². The van der Waals surface area contributed by atoms with Gasteiger partial charge in [0.2, 0.25) is 0 Å². The maximum Gasteiger partial charge on any atom is 0.141 e. The van der Waals surface area contributed by atoms with Crippen LogP contribution in [0.4, 0.5) is 4.39 Å². The number of hydrogen-bond donors (Lipinski definition) is 1. The second kappa shape index (κ2) is 6.71. The molecule has 0 radical (unpaired) electrons. The Morgan fingerprint density at radius 2 is 1.84 bits per heavy atom. The highest BCUT2D eigenvalue weighted by atomic mass is 79.9. The summed E-state index contributed by atoms with van der Waals surface area (Å²) in [5.41, 5.74) is 2.00. The van der Waals surface area contributed by atoms with Gasteiger partial charge >= 0.3 is 0 Å². The van der Waals surface area contributed by atoms with Crippen LogP contribution >= 0.6 is 39.1 Å². The van der Waals surface area contributed by atoms with E-state index in [0.29, 0.717) is 18.1 Å². The summed E-state index contributed by atoms with van der Waals surface area (Å²) in [5.74, 6) is -0.400. The topological polar surface area (TPSA) is 12.0 Å². The molecule has 100 valence electrons. The highest BCUT2D eigenvalue weighted by Gasteiger charge is 2.03. The molecule has 0 bridgehead atoms. The van der Waals surface area contributed by atoms with Crippen molar-refractivity contribution in [1.82, 2.24) is 5.32 Å². The van der Waals surface area contributed by atoms with Gasteiger partial charge in [-0.1, -0.05) is 45.2 Å². The lowest BCUT2D eigenvalue weighted by atomic mass is 10.2. The van der Waals surface area contributed by atoms with Gasteiger partial charge in [0.15, 0.2) is 0 Å². The summed E-state index contributed by atoms with van der Waals surface area (Å²) in [5, 5.41) is 4.10. The Kier molecular flexibility index (Phi) is 5.22. The van der Waals surface area contributed by atoms with E-state index < -0.39 is 5.82 Å². The van der Waals surface area contributed by atoms with Gasteiger partial charge in [0.1, 0.15) is 5.82 Å². The molecule has 0 heterocycles. The number of nitrogens with one attached hydrogen (secondary N) is 1. The first-order valence-electron chi connectivity index (χ1n) is 5.65. The quantitative estimate of drug-likeness (QED) is 0.789. The first-order chi connectivity index (χ1) is 9.06. The monoisotopic (exact) mass is 361 g/mol. The average molecular weight is 363 g/mol. The van der Waals surface area contributed by atoms with Crippen molar-refractivity contribution < 1.29 is 4.39 Å². The molecule has 0 aliphatic carbocycles. The van der Waals surface area contributed by atoms with Gasteiger partial charge in [-0.25, -0.2) is 4.39 Å². The molecule has 2 aromatic carbocycles. The molecule has 1 nitrogen and oxygen atoms in total. The highest BCUT2D eigenvalue weighted by Crippen LogP contribution is 2.21. The van der Waals surface area contributed by atoms with E-state index in [1.54, 1.807) is 12.1 Å². The summed E-state index contributed by atoms with van der Waals surface area (Å²) < 4.78 is 14.0. The van der Waals surface area contributed by atoms with Crippen molar-refractivity contribution in [3.05, 3.63) is 67.9 Å². The van der Waals surface area contributed by atoms with Crippen molar-refractivity contribution in [2.24, 2.45) is 0 Å². The fourth-order valence-corrected chi connectivity index (χ4v) is 2.45. The molecule has 0 fully saturated rings. The second-order valence-electron chi connectivity index (χ2n) is 4.09. The number of rotatable bonds is 4. The van der Waals surface area contributed by atoms with E-state index in [1.807, 2.05) is 18.2 Å². The van der Waals surface area contributed by atoms with Gasteiger partial charge in [-0.2, -0.15) is 0 Å². The van der Waals surface area contributed by atoms with Gasteiger partial charge in [0, 0.05) is 22.6 Å². The molecular formula is C14H11BrCl2FN. The molecule has 0 spiro atoms. The fraction of sp³-hybridized carbons (Fsp3) is 0.143. The van der Waals surface area contributed by atoms with Crippen molar-refractivity contribution in [2.75, 3.05) is 0 Å². The highest BCUT2D eigenvalue weighted by molar-refractivity contribution is 9.10. The first-order valence-corrected chi connectivity index (χ1v) is 7.20. The minimum Gasteiger partial charge on any atom is -0.309 e. The van der Waals surface area contributed by atoms with Crippen LogP contribution < -0.4 is 5.32 Å². The van der Waals surface area contributed by atoms with Crippen LogP contribution in [0.25, 0.3) is 0 Å². The minimum atomic E-state index is -0.400. The van der Waals surface area contributed by atoms with Crippen LogP contribution in [0.1, 0.15) is 11.1 Å². The van der Waals surface area contributed by atoms with Crippen molar-refractivity contribution in [3.8, 4) is 0 Å². The zero-order valence-corrected chi connectivity index (χ0v) is 13.0. The Bertz CT molecular complexity index is 590. The molecule has 0 aromatic heterocycles. The van der Waals surface area contributed by atoms with E-state index >= 15 is 0 Å². The minimum absolute atomic E-state index is 0.142. The second-order valence-corrected chi connectivity index (χ2v) is 5.79.